The molecule has 0 radical (unpaired) electrons. The Bertz CT molecular complexity index is 651. The summed E-state index contributed by atoms with van der Waals surface area (Å²) in [6.07, 6.45) is 0. The zero-order valence-corrected chi connectivity index (χ0v) is 13.2. The highest BCUT2D eigenvalue weighted by molar-refractivity contribution is 5.91. The van der Waals surface area contributed by atoms with E-state index in [1.807, 2.05) is 55.8 Å². The van der Waals surface area contributed by atoms with Gasteiger partial charge in [0, 0.05) is 18.8 Å². The average Bonchev–Trinajstić information content (AvgIpc) is 2.83. The molecule has 0 spiro atoms. The molecule has 0 aliphatic carbocycles. The van der Waals surface area contributed by atoms with E-state index in [4.69, 9.17) is 5.11 Å². The number of hydrogen-bond donors (Lipinski definition) is 2. The normalized spacial score (nSPS) is 10.5. The first kappa shape index (κ1) is 16.0. The largest absolute Gasteiger partial charge is 0.395 e. The van der Waals surface area contributed by atoms with Crippen molar-refractivity contribution >= 4 is 11.7 Å². The van der Waals surface area contributed by atoms with E-state index in [0.717, 1.165) is 17.1 Å². The van der Waals surface area contributed by atoms with Crippen LogP contribution in [0.15, 0.2) is 30.3 Å². The van der Waals surface area contributed by atoms with Crippen LogP contribution in [0.3, 0.4) is 0 Å². The van der Waals surface area contributed by atoms with Crippen molar-refractivity contribution in [3.05, 3.63) is 41.7 Å². The van der Waals surface area contributed by atoms with E-state index in [0.29, 0.717) is 18.8 Å². The molecule has 2 rings (SSSR count). The Morgan fingerprint density at radius 2 is 2.09 bits per heavy atom. The molecule has 0 atom stereocenters. The summed E-state index contributed by atoms with van der Waals surface area (Å²) in [6.45, 7) is 6.58. The summed E-state index contributed by atoms with van der Waals surface area (Å²) in [5.74, 6) is 0. The maximum Gasteiger partial charge on any atom is 0.321 e. The third-order valence-corrected chi connectivity index (χ3v) is 3.42. The van der Waals surface area contributed by atoms with Crippen molar-refractivity contribution in [1.29, 1.82) is 0 Å². The van der Waals surface area contributed by atoms with Crippen molar-refractivity contribution in [3.63, 3.8) is 0 Å². The van der Waals surface area contributed by atoms with Gasteiger partial charge < -0.3 is 15.3 Å². The molecule has 6 heteroatoms. The van der Waals surface area contributed by atoms with Gasteiger partial charge in [0.25, 0.3) is 0 Å². The molecule has 2 N–H and O–H groups in total. The van der Waals surface area contributed by atoms with Crippen molar-refractivity contribution in [2.45, 2.75) is 20.8 Å². The molecule has 1 aromatic heterocycles. The molecule has 0 fully saturated rings. The lowest BCUT2D eigenvalue weighted by Crippen LogP contribution is -2.37. The van der Waals surface area contributed by atoms with Gasteiger partial charge in [-0.05, 0) is 39.0 Å². The molecule has 0 aliphatic rings. The number of aliphatic hydroxyl groups is 1. The number of benzene rings is 1. The molecular weight excluding hydrogens is 280 g/mol. The summed E-state index contributed by atoms with van der Waals surface area (Å²) < 4.78 is 1.81. The second-order valence-electron chi connectivity index (χ2n) is 5.09. The minimum Gasteiger partial charge on any atom is -0.395 e. The molecule has 0 saturated heterocycles. The smallest absolute Gasteiger partial charge is 0.321 e. The molecule has 22 heavy (non-hydrogen) atoms. The Balaban J connectivity index is 2.29. The Kier molecular flexibility index (Phi) is 5.16. The van der Waals surface area contributed by atoms with E-state index in [-0.39, 0.29) is 12.6 Å². The molecule has 0 aliphatic heterocycles. The second-order valence-corrected chi connectivity index (χ2v) is 5.09. The number of nitrogens with zero attached hydrogens (tertiary/aromatic N) is 3. The molecule has 1 heterocycles. The van der Waals surface area contributed by atoms with Gasteiger partial charge in [0.05, 0.1) is 23.7 Å². The summed E-state index contributed by atoms with van der Waals surface area (Å²) in [5.41, 5.74) is 3.44. The quantitative estimate of drug-likeness (QED) is 0.890. The molecule has 0 bridgehead atoms. The van der Waals surface area contributed by atoms with E-state index in [1.165, 1.54) is 0 Å². The number of aromatic nitrogens is 2. The fourth-order valence-electron chi connectivity index (χ4n) is 2.36. The fraction of sp³-hybridized carbons (Fsp3) is 0.375. The number of hydrogen-bond acceptors (Lipinski definition) is 3. The molecule has 2 amide bonds. The highest BCUT2D eigenvalue weighted by Gasteiger charge is 2.14. The van der Waals surface area contributed by atoms with Crippen LogP contribution in [0.5, 0.6) is 0 Å². The predicted molar refractivity (Wildman–Crippen MR) is 86.4 cm³/mol. The number of para-hydroxylation sites is 2. The summed E-state index contributed by atoms with van der Waals surface area (Å²) >= 11 is 0. The van der Waals surface area contributed by atoms with Crippen LogP contribution in [0.1, 0.15) is 18.3 Å². The van der Waals surface area contributed by atoms with Crippen molar-refractivity contribution in [2.24, 2.45) is 0 Å². The number of nitrogens with one attached hydrogen (secondary N) is 1. The molecule has 0 unspecified atom stereocenters. The van der Waals surface area contributed by atoms with Gasteiger partial charge in [-0.15, -0.1) is 0 Å². The zero-order valence-electron chi connectivity index (χ0n) is 13.2. The summed E-state index contributed by atoms with van der Waals surface area (Å²) in [6, 6.07) is 9.29. The number of likely N-dealkylation sites (N-methyl/N-ethyl adjacent to an activating group) is 1. The van der Waals surface area contributed by atoms with Gasteiger partial charge in [0.1, 0.15) is 0 Å². The first-order valence-corrected chi connectivity index (χ1v) is 7.36. The van der Waals surface area contributed by atoms with Gasteiger partial charge in [0.2, 0.25) is 0 Å². The predicted octanol–water partition coefficient (Wildman–Crippen LogP) is 2.34. The van der Waals surface area contributed by atoms with Crippen LogP contribution in [-0.4, -0.2) is 45.5 Å². The SMILES string of the molecule is CCN(CCO)C(=O)Nc1ccccc1-n1nc(C)cc1C. The first-order valence-electron chi connectivity index (χ1n) is 7.36. The van der Waals surface area contributed by atoms with Crippen LogP contribution < -0.4 is 5.32 Å². The van der Waals surface area contributed by atoms with Gasteiger partial charge in [-0.3, -0.25) is 0 Å². The standard InChI is InChI=1S/C16H22N4O2/c1-4-19(9-10-21)16(22)17-14-7-5-6-8-15(14)20-13(3)11-12(2)18-20/h5-8,11,21H,4,9-10H2,1-3H3,(H,17,22). The minimum absolute atomic E-state index is 0.0552. The lowest BCUT2D eigenvalue weighted by Gasteiger charge is -2.21. The van der Waals surface area contributed by atoms with Crippen molar-refractivity contribution in [2.75, 3.05) is 25.0 Å². The molecule has 1 aromatic carbocycles. The summed E-state index contributed by atoms with van der Waals surface area (Å²) in [4.78, 5) is 13.8. The molecule has 2 aromatic rings. The summed E-state index contributed by atoms with van der Waals surface area (Å²) in [5, 5.41) is 16.4. The number of aryl methyl sites for hydroxylation is 2. The van der Waals surface area contributed by atoms with Crippen molar-refractivity contribution < 1.29 is 9.90 Å². The van der Waals surface area contributed by atoms with Crippen LogP contribution in [-0.2, 0) is 0 Å². The number of anilines is 1. The molecule has 0 saturated carbocycles. The van der Waals surface area contributed by atoms with E-state index in [1.54, 1.807) is 4.90 Å². The number of carbonyl (C=O) groups excluding carboxylic acids is 1. The third kappa shape index (κ3) is 3.46. The number of amides is 2. The Labute approximate surface area is 130 Å². The van der Waals surface area contributed by atoms with Gasteiger partial charge >= 0.3 is 6.03 Å². The lowest BCUT2D eigenvalue weighted by molar-refractivity contribution is 0.192. The van der Waals surface area contributed by atoms with Crippen LogP contribution in [0.2, 0.25) is 0 Å². The number of urea groups is 1. The van der Waals surface area contributed by atoms with Crippen LogP contribution >= 0.6 is 0 Å². The van der Waals surface area contributed by atoms with E-state index >= 15 is 0 Å². The van der Waals surface area contributed by atoms with Gasteiger partial charge in [0.15, 0.2) is 0 Å². The van der Waals surface area contributed by atoms with Crippen molar-refractivity contribution in [3.8, 4) is 5.69 Å². The molecule has 6 nitrogen and oxygen atoms in total. The fourth-order valence-corrected chi connectivity index (χ4v) is 2.36. The van der Waals surface area contributed by atoms with Gasteiger partial charge in [-0.1, -0.05) is 12.1 Å². The maximum atomic E-state index is 12.3. The second kappa shape index (κ2) is 7.09. The highest BCUT2D eigenvalue weighted by Crippen LogP contribution is 2.21. The summed E-state index contributed by atoms with van der Waals surface area (Å²) in [7, 11) is 0. The average molecular weight is 302 g/mol. The van der Waals surface area contributed by atoms with Gasteiger partial charge in [-0.25, -0.2) is 9.48 Å². The minimum atomic E-state index is -0.231. The topological polar surface area (TPSA) is 70.4 Å². The third-order valence-electron chi connectivity index (χ3n) is 3.42. The highest BCUT2D eigenvalue weighted by atomic mass is 16.3. The van der Waals surface area contributed by atoms with Crippen LogP contribution in [0.4, 0.5) is 10.5 Å². The lowest BCUT2D eigenvalue weighted by atomic mass is 10.2. The van der Waals surface area contributed by atoms with Crippen LogP contribution in [0.25, 0.3) is 5.69 Å². The number of rotatable bonds is 5. The number of aliphatic hydroxyl groups excluding tert-OH is 1. The zero-order chi connectivity index (χ0) is 16.1. The van der Waals surface area contributed by atoms with Gasteiger partial charge in [-0.2, -0.15) is 5.10 Å². The Morgan fingerprint density at radius 3 is 2.68 bits per heavy atom. The molecular formula is C16H22N4O2. The molecule has 118 valence electrons. The first-order chi connectivity index (χ1) is 10.6. The van der Waals surface area contributed by atoms with E-state index < -0.39 is 0 Å². The Morgan fingerprint density at radius 1 is 1.36 bits per heavy atom. The monoisotopic (exact) mass is 302 g/mol. The maximum absolute atomic E-state index is 12.3. The van der Waals surface area contributed by atoms with Crippen LogP contribution in [0, 0.1) is 13.8 Å². The van der Waals surface area contributed by atoms with E-state index in [9.17, 15) is 4.79 Å². The van der Waals surface area contributed by atoms with Crippen molar-refractivity contribution in [1.82, 2.24) is 14.7 Å². The Hall–Kier alpha value is -2.34. The number of carbonyl (C=O) groups is 1. The van der Waals surface area contributed by atoms with E-state index in [2.05, 4.69) is 10.4 Å².